The van der Waals surface area contributed by atoms with Crippen LogP contribution in [0.5, 0.6) is 0 Å². The van der Waals surface area contributed by atoms with E-state index in [2.05, 4.69) is 10.3 Å². The third-order valence-corrected chi connectivity index (χ3v) is 4.81. The monoisotopic (exact) mass is 315 g/mol. The molecule has 1 unspecified atom stereocenters. The summed E-state index contributed by atoms with van der Waals surface area (Å²) >= 11 is 0. The van der Waals surface area contributed by atoms with E-state index in [-0.39, 0.29) is 4.90 Å². The summed E-state index contributed by atoms with van der Waals surface area (Å²) in [6, 6.07) is 3.10. The molecule has 2 N–H and O–H groups in total. The number of pyridine rings is 1. The maximum atomic E-state index is 11.9. The summed E-state index contributed by atoms with van der Waals surface area (Å²) in [6.07, 6.45) is 1.99. The zero-order chi connectivity index (χ0) is 16.3. The molecule has 1 rings (SSSR count). The Kier molecular flexibility index (Phi) is 5.72. The van der Waals surface area contributed by atoms with Gasteiger partial charge in [-0.1, -0.05) is 13.8 Å². The SMILES string of the molecule is CC(C)CC(C)(O)CNc1ccc(S(=O)(=O)N(C)C)cn1. The zero-order valence-corrected chi connectivity index (χ0v) is 14.1. The number of rotatable bonds is 7. The molecule has 0 saturated carbocycles. The first-order chi connectivity index (χ1) is 9.54. The van der Waals surface area contributed by atoms with Gasteiger partial charge in [0.25, 0.3) is 0 Å². The van der Waals surface area contributed by atoms with Crippen LogP contribution < -0.4 is 5.32 Å². The highest BCUT2D eigenvalue weighted by atomic mass is 32.2. The standard InChI is InChI=1S/C14H25N3O3S/c1-11(2)8-14(3,18)10-16-13-7-6-12(9-15-13)21(19,20)17(4)5/h6-7,9,11,18H,8,10H2,1-5H3,(H,15,16). The fourth-order valence-corrected chi connectivity index (χ4v) is 2.93. The molecule has 1 atom stereocenters. The molecule has 0 aliphatic rings. The van der Waals surface area contributed by atoms with E-state index in [9.17, 15) is 13.5 Å². The van der Waals surface area contributed by atoms with Crippen LogP contribution >= 0.6 is 0 Å². The lowest BCUT2D eigenvalue weighted by Crippen LogP contribution is -2.35. The van der Waals surface area contributed by atoms with Gasteiger partial charge in [0.2, 0.25) is 10.0 Å². The van der Waals surface area contributed by atoms with Crippen molar-refractivity contribution in [3.63, 3.8) is 0 Å². The quantitative estimate of drug-likeness (QED) is 0.797. The molecular weight excluding hydrogens is 290 g/mol. The molecule has 0 fully saturated rings. The number of aliphatic hydroxyl groups is 1. The van der Waals surface area contributed by atoms with Crippen molar-refractivity contribution < 1.29 is 13.5 Å². The molecule has 1 aromatic rings. The number of aromatic nitrogens is 1. The Labute approximate surface area is 127 Å². The molecule has 7 heteroatoms. The molecule has 6 nitrogen and oxygen atoms in total. The van der Waals surface area contributed by atoms with Gasteiger partial charge in [-0.15, -0.1) is 0 Å². The molecule has 120 valence electrons. The second kappa shape index (κ2) is 6.72. The maximum Gasteiger partial charge on any atom is 0.244 e. The predicted octanol–water partition coefficient (Wildman–Crippen LogP) is 1.54. The minimum atomic E-state index is -3.46. The van der Waals surface area contributed by atoms with Gasteiger partial charge in [-0.05, 0) is 31.4 Å². The Bertz CT molecular complexity index is 551. The zero-order valence-electron chi connectivity index (χ0n) is 13.3. The minimum Gasteiger partial charge on any atom is -0.388 e. The Morgan fingerprint density at radius 2 is 2.00 bits per heavy atom. The molecule has 0 aliphatic heterocycles. The van der Waals surface area contributed by atoms with E-state index in [0.717, 1.165) is 4.31 Å². The first-order valence-electron chi connectivity index (χ1n) is 6.89. The van der Waals surface area contributed by atoms with Crippen LogP contribution in [0, 0.1) is 5.92 Å². The number of nitrogens with one attached hydrogen (secondary N) is 1. The average Bonchev–Trinajstić information content (AvgIpc) is 2.35. The van der Waals surface area contributed by atoms with Crippen molar-refractivity contribution in [3.05, 3.63) is 18.3 Å². The highest BCUT2D eigenvalue weighted by Crippen LogP contribution is 2.18. The summed E-state index contributed by atoms with van der Waals surface area (Å²) in [5.74, 6) is 0.930. The molecule has 1 aromatic heterocycles. The normalized spacial score (nSPS) is 15.2. The Morgan fingerprint density at radius 3 is 2.43 bits per heavy atom. The molecular formula is C14H25N3O3S. The number of anilines is 1. The summed E-state index contributed by atoms with van der Waals surface area (Å²) < 4.78 is 25.0. The van der Waals surface area contributed by atoms with E-state index >= 15 is 0 Å². The van der Waals surface area contributed by atoms with Gasteiger partial charge in [0.15, 0.2) is 0 Å². The summed E-state index contributed by atoms with van der Waals surface area (Å²) in [6.45, 7) is 6.23. The van der Waals surface area contributed by atoms with Crippen molar-refractivity contribution >= 4 is 15.8 Å². The number of hydrogen-bond donors (Lipinski definition) is 2. The fourth-order valence-electron chi connectivity index (χ4n) is 2.08. The van der Waals surface area contributed by atoms with E-state index in [1.165, 1.54) is 26.4 Å². The topological polar surface area (TPSA) is 82.5 Å². The molecule has 0 amide bonds. The largest absolute Gasteiger partial charge is 0.388 e. The van der Waals surface area contributed by atoms with Gasteiger partial charge < -0.3 is 10.4 Å². The summed E-state index contributed by atoms with van der Waals surface area (Å²) in [5.41, 5.74) is -0.829. The van der Waals surface area contributed by atoms with Crippen LogP contribution in [0.3, 0.4) is 0 Å². The van der Waals surface area contributed by atoms with E-state index < -0.39 is 15.6 Å². The van der Waals surface area contributed by atoms with Crippen LogP contribution in [-0.4, -0.2) is 49.1 Å². The molecule has 0 aliphatic carbocycles. The van der Waals surface area contributed by atoms with Gasteiger partial charge in [-0.25, -0.2) is 17.7 Å². The molecule has 0 bridgehead atoms. The fraction of sp³-hybridized carbons (Fsp3) is 0.643. The van der Waals surface area contributed by atoms with Gasteiger partial charge in [0.05, 0.1) is 5.60 Å². The molecule has 0 spiro atoms. The Hall–Kier alpha value is -1.18. The highest BCUT2D eigenvalue weighted by molar-refractivity contribution is 7.89. The van der Waals surface area contributed by atoms with E-state index in [4.69, 9.17) is 0 Å². The van der Waals surface area contributed by atoms with Crippen LogP contribution in [-0.2, 0) is 10.0 Å². The van der Waals surface area contributed by atoms with Crippen molar-refractivity contribution in [2.75, 3.05) is 26.0 Å². The average molecular weight is 315 g/mol. The van der Waals surface area contributed by atoms with Crippen LogP contribution in [0.15, 0.2) is 23.2 Å². The Balaban J connectivity index is 2.72. The summed E-state index contributed by atoms with van der Waals surface area (Å²) in [7, 11) is -0.506. The summed E-state index contributed by atoms with van der Waals surface area (Å²) in [5, 5.41) is 13.2. The van der Waals surface area contributed by atoms with Crippen molar-refractivity contribution in [1.82, 2.24) is 9.29 Å². The van der Waals surface area contributed by atoms with Gasteiger partial charge in [0, 0.05) is 26.8 Å². The lowest BCUT2D eigenvalue weighted by molar-refractivity contribution is 0.0515. The lowest BCUT2D eigenvalue weighted by atomic mass is 9.94. The molecule has 0 radical (unpaired) electrons. The molecule has 0 saturated heterocycles. The van der Waals surface area contributed by atoms with Gasteiger partial charge in [-0.2, -0.15) is 0 Å². The van der Waals surface area contributed by atoms with Gasteiger partial charge in [0.1, 0.15) is 10.7 Å². The van der Waals surface area contributed by atoms with Crippen LogP contribution in [0.25, 0.3) is 0 Å². The van der Waals surface area contributed by atoms with Crippen LogP contribution in [0.4, 0.5) is 5.82 Å². The highest BCUT2D eigenvalue weighted by Gasteiger charge is 2.22. The van der Waals surface area contributed by atoms with Crippen molar-refractivity contribution in [2.24, 2.45) is 5.92 Å². The van der Waals surface area contributed by atoms with E-state index in [1.54, 1.807) is 13.0 Å². The lowest BCUT2D eigenvalue weighted by Gasteiger charge is -2.25. The second-order valence-electron chi connectivity index (χ2n) is 6.12. The van der Waals surface area contributed by atoms with Crippen LogP contribution in [0.1, 0.15) is 27.2 Å². The van der Waals surface area contributed by atoms with Crippen LogP contribution in [0.2, 0.25) is 0 Å². The first kappa shape index (κ1) is 17.9. The first-order valence-corrected chi connectivity index (χ1v) is 8.33. The van der Waals surface area contributed by atoms with E-state index in [1.807, 2.05) is 13.8 Å². The number of hydrogen-bond acceptors (Lipinski definition) is 5. The Morgan fingerprint density at radius 1 is 1.38 bits per heavy atom. The minimum absolute atomic E-state index is 0.145. The van der Waals surface area contributed by atoms with Crippen molar-refractivity contribution in [3.8, 4) is 0 Å². The predicted molar refractivity (Wildman–Crippen MR) is 83.7 cm³/mol. The van der Waals surface area contributed by atoms with Crippen molar-refractivity contribution in [2.45, 2.75) is 37.7 Å². The van der Waals surface area contributed by atoms with Gasteiger partial charge >= 0.3 is 0 Å². The smallest absolute Gasteiger partial charge is 0.244 e. The third-order valence-electron chi connectivity index (χ3n) is 3.01. The van der Waals surface area contributed by atoms with Gasteiger partial charge in [-0.3, -0.25) is 0 Å². The maximum absolute atomic E-state index is 11.9. The molecule has 0 aromatic carbocycles. The molecule has 1 heterocycles. The third kappa shape index (κ3) is 5.26. The number of sulfonamides is 1. The molecule has 21 heavy (non-hydrogen) atoms. The summed E-state index contributed by atoms with van der Waals surface area (Å²) in [4.78, 5) is 4.23. The number of nitrogens with zero attached hydrogens (tertiary/aromatic N) is 2. The van der Waals surface area contributed by atoms with Crippen molar-refractivity contribution in [1.29, 1.82) is 0 Å². The second-order valence-corrected chi connectivity index (χ2v) is 8.27. The van der Waals surface area contributed by atoms with E-state index in [0.29, 0.717) is 24.7 Å².